The van der Waals surface area contributed by atoms with E-state index >= 15 is 0 Å². The largest absolute Gasteiger partial charge is 0.481 e. The van der Waals surface area contributed by atoms with Crippen LogP contribution in [0.15, 0.2) is 0 Å². The second kappa shape index (κ2) is 6.31. The highest BCUT2D eigenvalue weighted by Gasteiger charge is 2.31. The quantitative estimate of drug-likeness (QED) is 0.823. The van der Waals surface area contributed by atoms with Crippen molar-refractivity contribution in [3.05, 3.63) is 0 Å². The number of aliphatic carboxylic acids is 1. The molecule has 0 aromatic rings. The number of nitrogens with one attached hydrogen (secondary N) is 1. The van der Waals surface area contributed by atoms with Gasteiger partial charge in [0.25, 0.3) is 0 Å². The standard InChI is InChI=1S/C12H21NO4S/c1-12(2,3)17-11(16)13-6-8-4-5-18-7-9(8)10(14)15/h8-9H,4-7H2,1-3H3,(H,13,16)(H,14,15)/t8-,9+/m0/s1. The van der Waals surface area contributed by atoms with E-state index in [1.807, 2.05) is 0 Å². The Bertz CT molecular complexity index is 314. The molecule has 18 heavy (non-hydrogen) atoms. The Hall–Kier alpha value is -0.910. The summed E-state index contributed by atoms with van der Waals surface area (Å²) < 4.78 is 5.12. The lowest BCUT2D eigenvalue weighted by molar-refractivity contribution is -0.142. The minimum atomic E-state index is -0.779. The van der Waals surface area contributed by atoms with E-state index in [9.17, 15) is 9.59 Å². The number of carbonyl (C=O) groups is 2. The maximum atomic E-state index is 11.5. The molecule has 2 N–H and O–H groups in total. The summed E-state index contributed by atoms with van der Waals surface area (Å²) in [5.41, 5.74) is -0.529. The van der Waals surface area contributed by atoms with Gasteiger partial charge in [0.1, 0.15) is 5.60 Å². The molecule has 1 rings (SSSR count). The van der Waals surface area contributed by atoms with Gasteiger partial charge in [-0.25, -0.2) is 4.79 Å². The average molecular weight is 275 g/mol. The van der Waals surface area contributed by atoms with Crippen LogP contribution in [-0.2, 0) is 9.53 Å². The van der Waals surface area contributed by atoms with Crippen LogP contribution in [-0.4, -0.2) is 40.8 Å². The van der Waals surface area contributed by atoms with Gasteiger partial charge in [0, 0.05) is 12.3 Å². The van der Waals surface area contributed by atoms with Gasteiger partial charge in [0.2, 0.25) is 0 Å². The monoisotopic (exact) mass is 275 g/mol. The molecule has 0 radical (unpaired) electrons. The van der Waals surface area contributed by atoms with Crippen LogP contribution in [0.4, 0.5) is 4.79 Å². The van der Waals surface area contributed by atoms with Crippen molar-refractivity contribution in [1.82, 2.24) is 5.32 Å². The molecule has 1 fully saturated rings. The molecule has 1 heterocycles. The number of ether oxygens (including phenoxy) is 1. The van der Waals surface area contributed by atoms with Gasteiger partial charge in [-0.3, -0.25) is 4.79 Å². The zero-order chi connectivity index (χ0) is 13.8. The van der Waals surface area contributed by atoms with Crippen molar-refractivity contribution in [2.75, 3.05) is 18.1 Å². The number of hydrogen-bond acceptors (Lipinski definition) is 4. The third-order valence-corrected chi connectivity index (χ3v) is 3.84. The van der Waals surface area contributed by atoms with Gasteiger partial charge < -0.3 is 15.2 Å². The zero-order valence-electron chi connectivity index (χ0n) is 11.1. The molecule has 0 saturated carbocycles. The number of hydrogen-bond donors (Lipinski definition) is 2. The highest BCUT2D eigenvalue weighted by atomic mass is 32.2. The minimum absolute atomic E-state index is 0.00346. The van der Waals surface area contributed by atoms with Crippen LogP contribution >= 0.6 is 11.8 Å². The molecule has 2 atom stereocenters. The number of amides is 1. The number of thioether (sulfide) groups is 1. The van der Waals surface area contributed by atoms with Gasteiger partial charge in [-0.2, -0.15) is 11.8 Å². The highest BCUT2D eigenvalue weighted by molar-refractivity contribution is 7.99. The van der Waals surface area contributed by atoms with E-state index in [0.717, 1.165) is 12.2 Å². The summed E-state index contributed by atoms with van der Waals surface area (Å²) >= 11 is 1.65. The maximum absolute atomic E-state index is 11.5. The Morgan fingerprint density at radius 2 is 2.11 bits per heavy atom. The normalized spacial score (nSPS) is 24.4. The van der Waals surface area contributed by atoms with Crippen molar-refractivity contribution in [2.24, 2.45) is 11.8 Å². The van der Waals surface area contributed by atoms with Gasteiger partial charge in [0.05, 0.1) is 5.92 Å². The number of carboxylic acids is 1. The lowest BCUT2D eigenvalue weighted by atomic mass is 9.91. The van der Waals surface area contributed by atoms with Gasteiger partial charge in [0.15, 0.2) is 0 Å². The van der Waals surface area contributed by atoms with Crippen LogP contribution in [0.25, 0.3) is 0 Å². The SMILES string of the molecule is CC(C)(C)OC(=O)NC[C@@H]1CCSC[C@H]1C(=O)O. The first-order valence-corrected chi connectivity index (χ1v) is 7.22. The van der Waals surface area contributed by atoms with Gasteiger partial charge in [-0.15, -0.1) is 0 Å². The summed E-state index contributed by atoms with van der Waals surface area (Å²) in [6.45, 7) is 5.75. The minimum Gasteiger partial charge on any atom is -0.481 e. The molecule has 0 aliphatic carbocycles. The first-order chi connectivity index (χ1) is 8.29. The van der Waals surface area contributed by atoms with Gasteiger partial charge in [-0.05, 0) is 38.9 Å². The first kappa shape index (κ1) is 15.1. The Morgan fingerprint density at radius 1 is 1.44 bits per heavy atom. The molecule has 1 aliphatic heterocycles. The van der Waals surface area contributed by atoms with Crippen LogP contribution < -0.4 is 5.32 Å². The van der Waals surface area contributed by atoms with E-state index in [1.54, 1.807) is 32.5 Å². The summed E-state index contributed by atoms with van der Waals surface area (Å²) in [5, 5.41) is 11.8. The fourth-order valence-corrected chi connectivity index (χ4v) is 3.13. The van der Waals surface area contributed by atoms with Crippen molar-refractivity contribution in [3.8, 4) is 0 Å². The highest BCUT2D eigenvalue weighted by Crippen LogP contribution is 2.28. The number of carboxylic acid groups (broad SMARTS) is 1. The van der Waals surface area contributed by atoms with Crippen LogP contribution in [0.5, 0.6) is 0 Å². The average Bonchev–Trinajstić information content (AvgIpc) is 2.24. The topological polar surface area (TPSA) is 75.6 Å². The maximum Gasteiger partial charge on any atom is 0.407 e. The molecule has 0 bridgehead atoms. The summed E-state index contributed by atoms with van der Waals surface area (Å²) in [6.07, 6.45) is 0.335. The molecule has 0 aromatic heterocycles. The van der Waals surface area contributed by atoms with Crippen LogP contribution in [0.1, 0.15) is 27.2 Å². The first-order valence-electron chi connectivity index (χ1n) is 6.07. The lowest BCUT2D eigenvalue weighted by Gasteiger charge is -2.28. The second-order valence-electron chi connectivity index (χ2n) is 5.45. The third kappa shape index (κ3) is 5.16. The van der Waals surface area contributed by atoms with Crippen molar-refractivity contribution in [2.45, 2.75) is 32.8 Å². The summed E-state index contributed by atoms with van der Waals surface area (Å²) in [7, 11) is 0. The molecular formula is C12H21NO4S. The van der Waals surface area contributed by atoms with E-state index in [-0.39, 0.29) is 11.8 Å². The van der Waals surface area contributed by atoms with Crippen molar-refractivity contribution in [1.29, 1.82) is 0 Å². The van der Waals surface area contributed by atoms with E-state index in [4.69, 9.17) is 9.84 Å². The molecule has 1 saturated heterocycles. The lowest BCUT2D eigenvalue weighted by Crippen LogP contribution is -2.40. The number of carbonyl (C=O) groups excluding carboxylic acids is 1. The second-order valence-corrected chi connectivity index (χ2v) is 6.60. The fourth-order valence-electron chi connectivity index (χ4n) is 1.83. The molecule has 0 spiro atoms. The number of alkyl carbamates (subject to hydrolysis) is 1. The molecule has 0 aromatic carbocycles. The van der Waals surface area contributed by atoms with Crippen molar-refractivity contribution in [3.63, 3.8) is 0 Å². The Kier molecular flexibility index (Phi) is 5.31. The van der Waals surface area contributed by atoms with E-state index < -0.39 is 17.7 Å². The Balaban J connectivity index is 2.41. The summed E-state index contributed by atoms with van der Waals surface area (Å²) in [4.78, 5) is 22.6. The molecule has 104 valence electrons. The molecule has 6 heteroatoms. The van der Waals surface area contributed by atoms with Crippen molar-refractivity contribution >= 4 is 23.8 Å². The van der Waals surface area contributed by atoms with Crippen LogP contribution in [0.3, 0.4) is 0 Å². The molecule has 1 aliphatic rings. The predicted molar refractivity (Wildman–Crippen MR) is 70.8 cm³/mol. The molecule has 0 unspecified atom stereocenters. The van der Waals surface area contributed by atoms with Crippen LogP contribution in [0, 0.1) is 11.8 Å². The summed E-state index contributed by atoms with van der Waals surface area (Å²) in [6, 6.07) is 0. The van der Waals surface area contributed by atoms with E-state index in [1.165, 1.54) is 0 Å². The predicted octanol–water partition coefficient (Wildman–Crippen LogP) is 1.97. The van der Waals surface area contributed by atoms with E-state index in [0.29, 0.717) is 12.3 Å². The molecular weight excluding hydrogens is 254 g/mol. The number of rotatable bonds is 3. The Morgan fingerprint density at radius 3 is 2.67 bits per heavy atom. The van der Waals surface area contributed by atoms with Gasteiger partial charge in [-0.1, -0.05) is 0 Å². The van der Waals surface area contributed by atoms with E-state index in [2.05, 4.69) is 5.32 Å². The zero-order valence-corrected chi connectivity index (χ0v) is 11.9. The third-order valence-electron chi connectivity index (χ3n) is 2.72. The fraction of sp³-hybridized carbons (Fsp3) is 0.833. The van der Waals surface area contributed by atoms with Crippen LogP contribution in [0.2, 0.25) is 0 Å². The smallest absolute Gasteiger partial charge is 0.407 e. The summed E-state index contributed by atoms with van der Waals surface area (Å²) in [5.74, 6) is 0.411. The molecule has 5 nitrogen and oxygen atoms in total. The van der Waals surface area contributed by atoms with Crippen molar-refractivity contribution < 1.29 is 19.4 Å². The van der Waals surface area contributed by atoms with Gasteiger partial charge >= 0.3 is 12.1 Å². The Labute approximate surface area is 112 Å². The molecule has 1 amide bonds.